The third-order valence-electron chi connectivity index (χ3n) is 2.80. The van der Waals surface area contributed by atoms with Gasteiger partial charge in [-0.05, 0) is 36.2 Å². The van der Waals surface area contributed by atoms with E-state index < -0.39 is 4.92 Å². The summed E-state index contributed by atoms with van der Waals surface area (Å²) in [6, 6.07) is 11.8. The van der Waals surface area contributed by atoms with Gasteiger partial charge in [-0.1, -0.05) is 6.07 Å². The molecule has 2 rings (SSSR count). The van der Waals surface area contributed by atoms with Crippen LogP contribution in [0.4, 0.5) is 11.4 Å². The summed E-state index contributed by atoms with van der Waals surface area (Å²) >= 11 is 0. The molecule has 0 amide bonds. The molecule has 5 heteroatoms. The molecular weight excluding hydrogens is 244 g/mol. The Morgan fingerprint density at radius 3 is 2.47 bits per heavy atom. The lowest BCUT2D eigenvalue weighted by Gasteiger charge is -2.08. The molecule has 5 nitrogen and oxygen atoms in total. The molecule has 0 aromatic heterocycles. The summed E-state index contributed by atoms with van der Waals surface area (Å²) in [5, 5.41) is 10.5. The van der Waals surface area contributed by atoms with E-state index in [-0.39, 0.29) is 5.69 Å². The maximum atomic E-state index is 10.5. The van der Waals surface area contributed by atoms with Crippen LogP contribution in [-0.2, 0) is 6.61 Å². The molecule has 2 aromatic rings. The predicted molar refractivity (Wildman–Crippen MR) is 73.0 cm³/mol. The van der Waals surface area contributed by atoms with Crippen LogP contribution in [0.15, 0.2) is 42.5 Å². The van der Waals surface area contributed by atoms with E-state index in [1.54, 1.807) is 18.2 Å². The first-order valence-electron chi connectivity index (χ1n) is 5.78. The van der Waals surface area contributed by atoms with Gasteiger partial charge in [0, 0.05) is 23.9 Å². The monoisotopic (exact) mass is 258 g/mol. The first kappa shape index (κ1) is 12.9. The van der Waals surface area contributed by atoms with Gasteiger partial charge in [0.05, 0.1) is 4.92 Å². The smallest absolute Gasteiger partial charge is 0.269 e. The highest BCUT2D eigenvalue weighted by Crippen LogP contribution is 2.20. The SMILES string of the molecule is Cc1ccc(OCc2ccc([N+](=O)[O-])cc2)cc1N. The summed E-state index contributed by atoms with van der Waals surface area (Å²) in [4.78, 5) is 10.1. The molecule has 0 heterocycles. The largest absolute Gasteiger partial charge is 0.489 e. The van der Waals surface area contributed by atoms with Crippen LogP contribution in [0, 0.1) is 17.0 Å². The highest BCUT2D eigenvalue weighted by Gasteiger charge is 2.04. The van der Waals surface area contributed by atoms with E-state index >= 15 is 0 Å². The maximum absolute atomic E-state index is 10.5. The van der Waals surface area contributed by atoms with Crippen molar-refractivity contribution in [3.8, 4) is 5.75 Å². The molecule has 0 saturated heterocycles. The Morgan fingerprint density at radius 1 is 1.21 bits per heavy atom. The molecule has 0 radical (unpaired) electrons. The number of nitrogens with two attached hydrogens (primary N) is 1. The number of anilines is 1. The topological polar surface area (TPSA) is 78.4 Å². The summed E-state index contributed by atoms with van der Waals surface area (Å²) in [5.41, 5.74) is 8.41. The number of nitro benzene ring substituents is 1. The van der Waals surface area contributed by atoms with Crippen molar-refractivity contribution >= 4 is 11.4 Å². The molecule has 2 aromatic carbocycles. The van der Waals surface area contributed by atoms with Crippen LogP contribution < -0.4 is 10.5 Å². The second-order valence-electron chi connectivity index (χ2n) is 4.23. The zero-order valence-corrected chi connectivity index (χ0v) is 10.5. The Labute approximate surface area is 110 Å². The second kappa shape index (κ2) is 5.39. The minimum absolute atomic E-state index is 0.0725. The standard InChI is InChI=1S/C14H14N2O3/c1-10-2-7-13(8-14(10)15)19-9-11-3-5-12(6-4-11)16(17)18/h2-8H,9,15H2,1H3. The number of non-ortho nitro benzene ring substituents is 1. The van der Waals surface area contributed by atoms with Crippen LogP contribution in [0.25, 0.3) is 0 Å². The quantitative estimate of drug-likeness (QED) is 0.519. The van der Waals surface area contributed by atoms with Crippen molar-refractivity contribution in [2.24, 2.45) is 0 Å². The van der Waals surface area contributed by atoms with Gasteiger partial charge >= 0.3 is 0 Å². The third-order valence-corrected chi connectivity index (χ3v) is 2.80. The third kappa shape index (κ3) is 3.22. The van der Waals surface area contributed by atoms with Crippen molar-refractivity contribution < 1.29 is 9.66 Å². The molecule has 0 unspecified atom stereocenters. The lowest BCUT2D eigenvalue weighted by atomic mass is 10.2. The van der Waals surface area contributed by atoms with Gasteiger partial charge in [0.1, 0.15) is 12.4 Å². The number of nitro groups is 1. The number of aryl methyl sites for hydroxylation is 1. The number of hydrogen-bond acceptors (Lipinski definition) is 4. The molecular formula is C14H14N2O3. The fourth-order valence-electron chi connectivity index (χ4n) is 1.59. The van der Waals surface area contributed by atoms with E-state index in [2.05, 4.69) is 0 Å². The zero-order chi connectivity index (χ0) is 13.8. The average Bonchev–Trinajstić information content (AvgIpc) is 2.40. The first-order chi connectivity index (χ1) is 9.06. The van der Waals surface area contributed by atoms with Crippen molar-refractivity contribution in [2.75, 3.05) is 5.73 Å². The van der Waals surface area contributed by atoms with Crippen LogP contribution in [-0.4, -0.2) is 4.92 Å². The summed E-state index contributed by atoms with van der Waals surface area (Å²) < 4.78 is 5.58. The normalized spacial score (nSPS) is 10.2. The summed E-state index contributed by atoms with van der Waals surface area (Å²) in [6.45, 7) is 2.27. The van der Waals surface area contributed by atoms with E-state index in [1.165, 1.54) is 12.1 Å². The van der Waals surface area contributed by atoms with Crippen LogP contribution >= 0.6 is 0 Å². The van der Waals surface area contributed by atoms with E-state index in [1.807, 2.05) is 19.1 Å². The van der Waals surface area contributed by atoms with E-state index in [0.717, 1.165) is 11.1 Å². The number of ether oxygens (including phenoxy) is 1. The number of rotatable bonds is 4. The van der Waals surface area contributed by atoms with Crippen molar-refractivity contribution in [1.82, 2.24) is 0 Å². The van der Waals surface area contributed by atoms with Crippen LogP contribution in [0.1, 0.15) is 11.1 Å². The zero-order valence-electron chi connectivity index (χ0n) is 10.5. The molecule has 0 atom stereocenters. The lowest BCUT2D eigenvalue weighted by Crippen LogP contribution is -1.97. The molecule has 0 bridgehead atoms. The Bertz CT molecular complexity index is 594. The Balaban J connectivity index is 2.01. The van der Waals surface area contributed by atoms with Crippen molar-refractivity contribution in [2.45, 2.75) is 13.5 Å². The molecule has 2 N–H and O–H groups in total. The van der Waals surface area contributed by atoms with Crippen LogP contribution in [0.5, 0.6) is 5.75 Å². The molecule has 0 saturated carbocycles. The van der Waals surface area contributed by atoms with Crippen LogP contribution in [0.3, 0.4) is 0 Å². The minimum atomic E-state index is -0.425. The fraction of sp³-hybridized carbons (Fsp3) is 0.143. The molecule has 0 aliphatic heterocycles. The van der Waals surface area contributed by atoms with Gasteiger partial charge in [-0.3, -0.25) is 10.1 Å². The Hall–Kier alpha value is -2.56. The molecule has 98 valence electrons. The van der Waals surface area contributed by atoms with Gasteiger partial charge in [-0.25, -0.2) is 0 Å². The highest BCUT2D eigenvalue weighted by molar-refractivity contribution is 5.50. The van der Waals surface area contributed by atoms with E-state index in [9.17, 15) is 10.1 Å². The van der Waals surface area contributed by atoms with Crippen LogP contribution in [0.2, 0.25) is 0 Å². The number of nitrogens with zero attached hydrogens (tertiary/aromatic N) is 1. The van der Waals surface area contributed by atoms with Gasteiger partial charge in [-0.15, -0.1) is 0 Å². The summed E-state index contributed by atoms with van der Waals surface area (Å²) in [7, 11) is 0. The molecule has 0 aliphatic rings. The summed E-state index contributed by atoms with van der Waals surface area (Å²) in [5.74, 6) is 0.682. The highest BCUT2D eigenvalue weighted by atomic mass is 16.6. The van der Waals surface area contributed by atoms with Gasteiger partial charge in [0.15, 0.2) is 0 Å². The van der Waals surface area contributed by atoms with Crippen molar-refractivity contribution in [3.63, 3.8) is 0 Å². The molecule has 0 aliphatic carbocycles. The van der Waals surface area contributed by atoms with Crippen molar-refractivity contribution in [1.29, 1.82) is 0 Å². The van der Waals surface area contributed by atoms with Gasteiger partial charge in [0.25, 0.3) is 5.69 Å². The number of nitrogen functional groups attached to an aromatic ring is 1. The van der Waals surface area contributed by atoms with Gasteiger partial charge < -0.3 is 10.5 Å². The average molecular weight is 258 g/mol. The predicted octanol–water partition coefficient (Wildman–Crippen LogP) is 3.06. The van der Waals surface area contributed by atoms with Crippen molar-refractivity contribution in [3.05, 3.63) is 63.7 Å². The summed E-state index contributed by atoms with van der Waals surface area (Å²) in [6.07, 6.45) is 0. The fourth-order valence-corrected chi connectivity index (χ4v) is 1.59. The Morgan fingerprint density at radius 2 is 1.89 bits per heavy atom. The number of hydrogen-bond donors (Lipinski definition) is 1. The maximum Gasteiger partial charge on any atom is 0.269 e. The minimum Gasteiger partial charge on any atom is -0.489 e. The van der Waals surface area contributed by atoms with E-state index in [4.69, 9.17) is 10.5 Å². The molecule has 0 fully saturated rings. The lowest BCUT2D eigenvalue weighted by molar-refractivity contribution is -0.384. The first-order valence-corrected chi connectivity index (χ1v) is 5.78. The Kier molecular flexibility index (Phi) is 3.66. The second-order valence-corrected chi connectivity index (χ2v) is 4.23. The van der Waals surface area contributed by atoms with Gasteiger partial charge in [0.2, 0.25) is 0 Å². The molecule has 19 heavy (non-hydrogen) atoms. The van der Waals surface area contributed by atoms with E-state index in [0.29, 0.717) is 18.0 Å². The molecule has 0 spiro atoms. The number of benzene rings is 2. The van der Waals surface area contributed by atoms with Gasteiger partial charge in [-0.2, -0.15) is 0 Å².